The van der Waals surface area contributed by atoms with Crippen molar-refractivity contribution in [1.82, 2.24) is 10.2 Å². The summed E-state index contributed by atoms with van der Waals surface area (Å²) in [5.74, 6) is -3.36. The molecule has 9 heteroatoms. The predicted molar refractivity (Wildman–Crippen MR) is 126 cm³/mol. The van der Waals surface area contributed by atoms with Crippen molar-refractivity contribution in [3.05, 3.63) is 64.2 Å². The van der Waals surface area contributed by atoms with Gasteiger partial charge in [0.2, 0.25) is 23.6 Å². The van der Waals surface area contributed by atoms with Crippen molar-refractivity contribution in [1.29, 1.82) is 0 Å². The van der Waals surface area contributed by atoms with Crippen LogP contribution in [0.1, 0.15) is 29.5 Å². The minimum Gasteiger partial charge on any atom is -0.370 e. The molecule has 0 aromatic heterocycles. The molecule has 2 aromatic carbocycles. The molecule has 0 unspecified atom stereocenters. The summed E-state index contributed by atoms with van der Waals surface area (Å²) < 4.78 is 0. The van der Waals surface area contributed by atoms with Gasteiger partial charge in [0.1, 0.15) is 5.54 Å². The van der Waals surface area contributed by atoms with Gasteiger partial charge in [0.25, 0.3) is 0 Å². The van der Waals surface area contributed by atoms with E-state index in [0.29, 0.717) is 22.7 Å². The molecule has 3 aliphatic heterocycles. The number of likely N-dealkylation sites (tertiary alicyclic amines) is 1. The summed E-state index contributed by atoms with van der Waals surface area (Å²) in [4.78, 5) is 53.6. The van der Waals surface area contributed by atoms with Crippen LogP contribution in [0.3, 0.4) is 0 Å². The number of fused-ring (bicyclic) bond motifs is 4. The number of primary amides is 1. The van der Waals surface area contributed by atoms with E-state index < -0.39 is 35.2 Å². The second kappa shape index (κ2) is 8.21. The fourth-order valence-corrected chi connectivity index (χ4v) is 6.03. The van der Waals surface area contributed by atoms with Gasteiger partial charge in [0, 0.05) is 24.6 Å². The number of nitrogens with zero attached hydrogens (tertiary/aromatic N) is 1. The van der Waals surface area contributed by atoms with Gasteiger partial charge in [-0.2, -0.15) is 0 Å². The number of hydrogen-bond acceptors (Lipinski definition) is 5. The number of imide groups is 1. The number of benzene rings is 2. The van der Waals surface area contributed by atoms with E-state index in [1.807, 2.05) is 43.3 Å². The summed E-state index contributed by atoms with van der Waals surface area (Å²) >= 11 is 6.43. The lowest BCUT2D eigenvalue weighted by Gasteiger charge is -2.29. The Balaban J connectivity index is 1.55. The number of amides is 4. The summed E-state index contributed by atoms with van der Waals surface area (Å²) in [6.45, 7) is 2.07. The van der Waals surface area contributed by atoms with Crippen LogP contribution in [0.25, 0.3) is 0 Å². The first-order valence-corrected chi connectivity index (χ1v) is 11.7. The fourth-order valence-electron chi connectivity index (χ4n) is 5.71. The van der Waals surface area contributed by atoms with Crippen molar-refractivity contribution in [2.75, 3.05) is 11.9 Å². The molecule has 4 N–H and O–H groups in total. The van der Waals surface area contributed by atoms with E-state index in [1.54, 1.807) is 6.07 Å². The van der Waals surface area contributed by atoms with Gasteiger partial charge in [-0.1, -0.05) is 48.0 Å². The Kier molecular flexibility index (Phi) is 5.45. The molecule has 3 heterocycles. The molecule has 8 nitrogen and oxygen atoms in total. The van der Waals surface area contributed by atoms with Crippen LogP contribution in [-0.2, 0) is 31.1 Å². The molecule has 34 heavy (non-hydrogen) atoms. The average Bonchev–Trinajstić information content (AvgIpc) is 3.37. The summed E-state index contributed by atoms with van der Waals surface area (Å²) in [5.41, 5.74) is 6.77. The smallest absolute Gasteiger partial charge is 0.250 e. The van der Waals surface area contributed by atoms with Crippen LogP contribution in [0.15, 0.2) is 42.5 Å². The van der Waals surface area contributed by atoms with Gasteiger partial charge in [-0.3, -0.25) is 29.4 Å². The zero-order chi connectivity index (χ0) is 24.2. The van der Waals surface area contributed by atoms with Crippen LogP contribution in [0, 0.1) is 18.8 Å². The minimum absolute atomic E-state index is 0.0332. The lowest BCUT2D eigenvalue weighted by Crippen LogP contribution is -2.53. The number of nitrogens with two attached hydrogens (primary N) is 1. The number of rotatable bonds is 6. The molecule has 0 radical (unpaired) electrons. The van der Waals surface area contributed by atoms with Gasteiger partial charge in [-0.25, -0.2) is 0 Å². The van der Waals surface area contributed by atoms with Crippen molar-refractivity contribution in [3.63, 3.8) is 0 Å². The standard InChI is InChI=1S/C25H25ClN4O4/c1-13-11-15-21(16(26)12-13)28-24(34)25(15)20-19(17(29-25)7-8-18(27)31)22(32)30(23(20)33)10-9-14-5-3-2-4-6-14/h2-6,11-12,17,19-20,29H,7-10H2,1H3,(H2,27,31)(H,28,34)/t17-,19+,20+,25-/m0/s1. The Hall–Kier alpha value is -3.23. The quantitative estimate of drug-likeness (QED) is 0.545. The highest BCUT2D eigenvalue weighted by atomic mass is 35.5. The van der Waals surface area contributed by atoms with Crippen LogP contribution in [0.4, 0.5) is 5.69 Å². The van der Waals surface area contributed by atoms with Gasteiger partial charge in [0.05, 0.1) is 22.5 Å². The Morgan fingerprint density at radius 3 is 2.59 bits per heavy atom. The number of anilines is 1. The van der Waals surface area contributed by atoms with Crippen LogP contribution in [0.5, 0.6) is 0 Å². The molecule has 4 atom stereocenters. The second-order valence-corrected chi connectivity index (χ2v) is 9.66. The second-order valence-electron chi connectivity index (χ2n) is 9.25. The molecule has 0 bridgehead atoms. The van der Waals surface area contributed by atoms with Crippen molar-refractivity contribution >= 4 is 40.9 Å². The summed E-state index contributed by atoms with van der Waals surface area (Å²) in [6.07, 6.45) is 0.787. The maximum absolute atomic E-state index is 13.7. The first-order valence-electron chi connectivity index (χ1n) is 11.3. The molecule has 3 aliphatic rings. The number of carbonyl (C=O) groups is 4. The predicted octanol–water partition coefficient (Wildman–Crippen LogP) is 1.88. The lowest BCUT2D eigenvalue weighted by molar-refractivity contribution is -0.142. The summed E-state index contributed by atoms with van der Waals surface area (Å²) in [6, 6.07) is 12.6. The molecule has 2 fully saturated rings. The summed E-state index contributed by atoms with van der Waals surface area (Å²) in [5, 5.41) is 6.49. The maximum atomic E-state index is 13.7. The largest absolute Gasteiger partial charge is 0.370 e. The third kappa shape index (κ3) is 3.32. The highest BCUT2D eigenvalue weighted by Gasteiger charge is 2.70. The average molecular weight is 481 g/mol. The molecular weight excluding hydrogens is 456 g/mol. The highest BCUT2D eigenvalue weighted by Crippen LogP contribution is 2.54. The van der Waals surface area contributed by atoms with Crippen LogP contribution < -0.4 is 16.4 Å². The van der Waals surface area contributed by atoms with Gasteiger partial charge >= 0.3 is 0 Å². The molecule has 0 aliphatic carbocycles. The number of nitrogens with one attached hydrogen (secondary N) is 2. The van der Waals surface area contributed by atoms with Gasteiger partial charge in [-0.05, 0) is 37.0 Å². The van der Waals surface area contributed by atoms with E-state index in [4.69, 9.17) is 17.3 Å². The van der Waals surface area contributed by atoms with E-state index in [1.165, 1.54) is 4.90 Å². The zero-order valence-electron chi connectivity index (χ0n) is 18.6. The number of aryl methyl sites for hydroxylation is 1. The zero-order valence-corrected chi connectivity index (χ0v) is 19.4. The molecule has 0 saturated carbocycles. The third-order valence-corrected chi connectivity index (χ3v) is 7.48. The van der Waals surface area contributed by atoms with Crippen molar-refractivity contribution in [2.24, 2.45) is 17.6 Å². The molecule has 4 amide bonds. The van der Waals surface area contributed by atoms with E-state index in [0.717, 1.165) is 11.1 Å². The fraction of sp³-hybridized carbons (Fsp3) is 0.360. The van der Waals surface area contributed by atoms with Crippen LogP contribution >= 0.6 is 11.6 Å². The van der Waals surface area contributed by atoms with Gasteiger partial charge in [-0.15, -0.1) is 0 Å². The monoisotopic (exact) mass is 480 g/mol. The van der Waals surface area contributed by atoms with Crippen LogP contribution in [0.2, 0.25) is 5.02 Å². The van der Waals surface area contributed by atoms with E-state index in [2.05, 4.69) is 10.6 Å². The van der Waals surface area contributed by atoms with E-state index >= 15 is 0 Å². The molecule has 5 rings (SSSR count). The Morgan fingerprint density at radius 1 is 1.15 bits per heavy atom. The van der Waals surface area contributed by atoms with E-state index in [9.17, 15) is 19.2 Å². The molecule has 2 saturated heterocycles. The summed E-state index contributed by atoms with van der Waals surface area (Å²) in [7, 11) is 0. The van der Waals surface area contributed by atoms with Gasteiger partial charge in [0.15, 0.2) is 0 Å². The van der Waals surface area contributed by atoms with E-state index in [-0.39, 0.29) is 31.2 Å². The SMILES string of the molecule is Cc1cc(Cl)c2c(c1)[C@@]1(N[C@@H](CCC(N)=O)[C@H]3C(=O)N(CCc4ccccc4)C(=O)[C@@H]31)C(=O)N2. The number of carbonyl (C=O) groups excluding carboxylic acids is 4. The highest BCUT2D eigenvalue weighted by molar-refractivity contribution is 6.35. The maximum Gasteiger partial charge on any atom is 0.250 e. The van der Waals surface area contributed by atoms with Crippen molar-refractivity contribution in [2.45, 2.75) is 37.8 Å². The number of hydrogen-bond donors (Lipinski definition) is 3. The third-order valence-electron chi connectivity index (χ3n) is 7.18. The Labute approximate surface area is 201 Å². The molecule has 2 aromatic rings. The molecular formula is C25H25ClN4O4. The Bertz CT molecular complexity index is 1220. The Morgan fingerprint density at radius 2 is 1.88 bits per heavy atom. The normalized spacial score (nSPS) is 27.3. The molecule has 176 valence electrons. The lowest BCUT2D eigenvalue weighted by atomic mass is 9.76. The van der Waals surface area contributed by atoms with Crippen molar-refractivity contribution in [3.8, 4) is 0 Å². The van der Waals surface area contributed by atoms with Gasteiger partial charge < -0.3 is 11.1 Å². The molecule has 1 spiro atoms. The topological polar surface area (TPSA) is 122 Å². The van der Waals surface area contributed by atoms with Crippen LogP contribution in [-0.4, -0.2) is 41.1 Å². The van der Waals surface area contributed by atoms with Crippen molar-refractivity contribution < 1.29 is 19.2 Å². The first-order chi connectivity index (χ1) is 16.2. The minimum atomic E-state index is -1.44. The number of halogens is 1. The first kappa shape index (κ1) is 22.6.